The molecule has 7 heteroatoms. The Hall–Kier alpha value is -2.80. The van der Waals surface area contributed by atoms with Crippen LogP contribution in [0.25, 0.3) is 0 Å². The fourth-order valence-electron chi connectivity index (χ4n) is 2.76. The molecule has 3 amide bonds. The van der Waals surface area contributed by atoms with Crippen LogP contribution in [0.5, 0.6) is 5.75 Å². The number of imide groups is 1. The second-order valence-corrected chi connectivity index (χ2v) is 7.10. The Kier molecular flexibility index (Phi) is 6.13. The molecule has 0 aromatic heterocycles. The average molecular weight is 384 g/mol. The van der Waals surface area contributed by atoms with Gasteiger partial charge in [0, 0.05) is 12.1 Å². The summed E-state index contributed by atoms with van der Waals surface area (Å²) in [6.45, 7) is 2.43. The Labute approximate surface area is 161 Å². The van der Waals surface area contributed by atoms with E-state index >= 15 is 0 Å². The summed E-state index contributed by atoms with van der Waals surface area (Å²) < 4.78 is 5.38. The number of para-hydroxylation sites is 1. The van der Waals surface area contributed by atoms with E-state index in [4.69, 9.17) is 4.74 Å². The molecule has 0 radical (unpaired) electrons. The summed E-state index contributed by atoms with van der Waals surface area (Å²) >= 11 is 1.18. The van der Waals surface area contributed by atoms with Crippen molar-refractivity contribution < 1.29 is 19.1 Å². The van der Waals surface area contributed by atoms with E-state index in [2.05, 4.69) is 5.32 Å². The summed E-state index contributed by atoms with van der Waals surface area (Å²) in [7, 11) is 0. The lowest BCUT2D eigenvalue weighted by atomic mass is 10.3. The molecule has 0 saturated carbocycles. The van der Waals surface area contributed by atoms with E-state index in [1.54, 1.807) is 36.4 Å². The lowest BCUT2D eigenvalue weighted by Crippen LogP contribution is -2.31. The van der Waals surface area contributed by atoms with Crippen LogP contribution in [0.4, 0.5) is 11.4 Å². The standard InChI is InChI=1S/C20H20N2O4S/c1-2-26-16-10-8-15(9-11-16)22-19(24)12-17(20(22)25)27-13-18(23)21-14-6-4-3-5-7-14/h3-11,17H,2,12-13H2,1H3,(H,21,23)/t17-/m1/s1. The number of nitrogens with zero attached hydrogens (tertiary/aromatic N) is 1. The van der Waals surface area contributed by atoms with Crippen molar-refractivity contribution in [2.24, 2.45) is 0 Å². The summed E-state index contributed by atoms with van der Waals surface area (Å²) in [4.78, 5) is 38.2. The number of anilines is 2. The first-order chi connectivity index (χ1) is 13.1. The number of hydrogen-bond donors (Lipinski definition) is 1. The van der Waals surface area contributed by atoms with Gasteiger partial charge in [-0.05, 0) is 43.3 Å². The fourth-order valence-corrected chi connectivity index (χ4v) is 3.69. The predicted molar refractivity (Wildman–Crippen MR) is 106 cm³/mol. The van der Waals surface area contributed by atoms with Crippen molar-refractivity contribution in [2.75, 3.05) is 22.6 Å². The molecule has 1 fully saturated rings. The number of rotatable bonds is 7. The molecule has 1 heterocycles. The zero-order valence-electron chi connectivity index (χ0n) is 14.9. The highest BCUT2D eigenvalue weighted by atomic mass is 32.2. The van der Waals surface area contributed by atoms with Gasteiger partial charge in [-0.15, -0.1) is 11.8 Å². The Balaban J connectivity index is 1.58. The second kappa shape index (κ2) is 8.73. The van der Waals surface area contributed by atoms with Crippen molar-refractivity contribution >= 4 is 40.9 Å². The van der Waals surface area contributed by atoms with Gasteiger partial charge in [-0.1, -0.05) is 18.2 Å². The van der Waals surface area contributed by atoms with Crippen molar-refractivity contribution in [3.63, 3.8) is 0 Å². The van der Waals surface area contributed by atoms with Gasteiger partial charge in [-0.3, -0.25) is 14.4 Å². The first kappa shape index (κ1) is 19.0. The largest absolute Gasteiger partial charge is 0.494 e. The molecule has 0 unspecified atom stereocenters. The molecule has 1 N–H and O–H groups in total. The molecule has 0 bridgehead atoms. The lowest BCUT2D eigenvalue weighted by molar-refractivity contribution is -0.121. The molecule has 6 nitrogen and oxygen atoms in total. The van der Waals surface area contributed by atoms with Gasteiger partial charge in [0.15, 0.2) is 0 Å². The van der Waals surface area contributed by atoms with Gasteiger partial charge in [0.05, 0.1) is 23.3 Å². The molecular weight excluding hydrogens is 364 g/mol. The lowest BCUT2D eigenvalue weighted by Gasteiger charge is -2.15. The van der Waals surface area contributed by atoms with Crippen LogP contribution in [0.1, 0.15) is 13.3 Å². The minimum Gasteiger partial charge on any atom is -0.494 e. The van der Waals surface area contributed by atoms with Crippen molar-refractivity contribution in [3.8, 4) is 5.75 Å². The number of carbonyl (C=O) groups excluding carboxylic acids is 3. The van der Waals surface area contributed by atoms with E-state index in [9.17, 15) is 14.4 Å². The van der Waals surface area contributed by atoms with Gasteiger partial charge in [0.1, 0.15) is 5.75 Å². The average Bonchev–Trinajstić information content (AvgIpc) is 2.95. The van der Waals surface area contributed by atoms with Crippen molar-refractivity contribution in [1.29, 1.82) is 0 Å². The molecule has 0 spiro atoms. The quantitative estimate of drug-likeness (QED) is 0.743. The summed E-state index contributed by atoms with van der Waals surface area (Å²) in [5.41, 5.74) is 1.22. The van der Waals surface area contributed by atoms with Gasteiger partial charge >= 0.3 is 0 Å². The minimum atomic E-state index is -0.550. The van der Waals surface area contributed by atoms with Crippen LogP contribution in [-0.4, -0.2) is 35.3 Å². The van der Waals surface area contributed by atoms with E-state index in [1.165, 1.54) is 16.7 Å². The maximum atomic E-state index is 12.6. The Morgan fingerprint density at radius 3 is 2.52 bits per heavy atom. The Morgan fingerprint density at radius 2 is 1.85 bits per heavy atom. The molecular formula is C20H20N2O4S. The first-order valence-electron chi connectivity index (χ1n) is 8.64. The molecule has 1 aliphatic heterocycles. The topological polar surface area (TPSA) is 75.7 Å². The molecule has 27 heavy (non-hydrogen) atoms. The van der Waals surface area contributed by atoms with Crippen LogP contribution in [0.15, 0.2) is 54.6 Å². The van der Waals surface area contributed by atoms with Gasteiger partial charge < -0.3 is 10.1 Å². The predicted octanol–water partition coefficient (Wildman–Crippen LogP) is 3.09. The van der Waals surface area contributed by atoms with E-state index < -0.39 is 5.25 Å². The van der Waals surface area contributed by atoms with E-state index in [-0.39, 0.29) is 29.9 Å². The van der Waals surface area contributed by atoms with Crippen molar-refractivity contribution in [1.82, 2.24) is 0 Å². The van der Waals surface area contributed by atoms with E-state index in [1.807, 2.05) is 25.1 Å². The molecule has 140 valence electrons. The Morgan fingerprint density at radius 1 is 1.15 bits per heavy atom. The van der Waals surface area contributed by atoms with Crippen LogP contribution in [0.3, 0.4) is 0 Å². The van der Waals surface area contributed by atoms with Gasteiger partial charge in [-0.2, -0.15) is 0 Å². The number of thioether (sulfide) groups is 1. The number of benzene rings is 2. The molecule has 1 atom stereocenters. The third-order valence-corrected chi connectivity index (χ3v) is 5.18. The third kappa shape index (κ3) is 4.68. The van der Waals surface area contributed by atoms with Crippen LogP contribution >= 0.6 is 11.8 Å². The molecule has 1 saturated heterocycles. The molecule has 2 aromatic carbocycles. The van der Waals surface area contributed by atoms with Crippen LogP contribution < -0.4 is 15.0 Å². The van der Waals surface area contributed by atoms with Gasteiger partial charge in [0.25, 0.3) is 0 Å². The summed E-state index contributed by atoms with van der Waals surface area (Å²) in [6.07, 6.45) is 0.0926. The van der Waals surface area contributed by atoms with E-state index in [0.717, 1.165) is 0 Å². The fraction of sp³-hybridized carbons (Fsp3) is 0.250. The van der Waals surface area contributed by atoms with Crippen LogP contribution in [0, 0.1) is 0 Å². The Bertz CT molecular complexity index is 824. The second-order valence-electron chi connectivity index (χ2n) is 5.91. The maximum Gasteiger partial charge on any atom is 0.247 e. The van der Waals surface area contributed by atoms with Crippen LogP contribution in [0.2, 0.25) is 0 Å². The number of hydrogen-bond acceptors (Lipinski definition) is 5. The number of carbonyl (C=O) groups is 3. The number of amides is 3. The highest BCUT2D eigenvalue weighted by molar-refractivity contribution is 8.01. The third-order valence-electron chi connectivity index (χ3n) is 3.98. The van der Waals surface area contributed by atoms with Crippen molar-refractivity contribution in [2.45, 2.75) is 18.6 Å². The summed E-state index contributed by atoms with van der Waals surface area (Å²) in [5.74, 6) is 0.0389. The highest BCUT2D eigenvalue weighted by Gasteiger charge is 2.40. The summed E-state index contributed by atoms with van der Waals surface area (Å²) in [5, 5.41) is 2.22. The summed E-state index contributed by atoms with van der Waals surface area (Å²) in [6, 6.07) is 15.9. The van der Waals surface area contributed by atoms with E-state index in [0.29, 0.717) is 23.7 Å². The number of ether oxygens (including phenoxy) is 1. The molecule has 1 aliphatic rings. The molecule has 2 aromatic rings. The monoisotopic (exact) mass is 384 g/mol. The minimum absolute atomic E-state index is 0.0926. The van der Waals surface area contributed by atoms with Gasteiger partial charge in [0.2, 0.25) is 17.7 Å². The maximum absolute atomic E-state index is 12.6. The SMILES string of the molecule is CCOc1ccc(N2C(=O)C[C@@H](SCC(=O)Nc3ccccc3)C2=O)cc1. The molecule has 3 rings (SSSR count). The smallest absolute Gasteiger partial charge is 0.247 e. The van der Waals surface area contributed by atoms with Crippen molar-refractivity contribution in [3.05, 3.63) is 54.6 Å². The zero-order chi connectivity index (χ0) is 19.2. The number of nitrogens with one attached hydrogen (secondary N) is 1. The first-order valence-corrected chi connectivity index (χ1v) is 9.69. The highest BCUT2D eigenvalue weighted by Crippen LogP contribution is 2.30. The van der Waals surface area contributed by atoms with Gasteiger partial charge in [-0.25, -0.2) is 4.90 Å². The zero-order valence-corrected chi connectivity index (χ0v) is 15.7. The molecule has 0 aliphatic carbocycles. The van der Waals surface area contributed by atoms with Crippen LogP contribution in [-0.2, 0) is 14.4 Å². The normalized spacial score (nSPS) is 16.5.